The van der Waals surface area contributed by atoms with E-state index in [9.17, 15) is 4.79 Å². The molecule has 1 heterocycles. The van der Waals surface area contributed by atoms with E-state index < -0.39 is 0 Å². The topological polar surface area (TPSA) is 50.2 Å². The van der Waals surface area contributed by atoms with Crippen molar-refractivity contribution in [2.75, 3.05) is 26.7 Å². The second-order valence-electron chi connectivity index (χ2n) is 6.62. The predicted molar refractivity (Wildman–Crippen MR) is 111 cm³/mol. The first kappa shape index (κ1) is 19.1. The van der Waals surface area contributed by atoms with Crippen LogP contribution in [0.5, 0.6) is 0 Å². The number of aryl methyl sites for hydroxylation is 1. The standard InChI is InChI=1S/C22H28N4O/c1-4-25(5-2)14-9-15-26-20-13-7-6-12-19(20)24-21(26)17-10-8-11-18(16-17)22(27)23-3/h6-8,10-13,16H,4-5,9,14-15H2,1-3H3,(H,23,27). The number of carbonyl (C=O) groups excluding carboxylic acids is 1. The molecule has 5 nitrogen and oxygen atoms in total. The normalized spacial score (nSPS) is 11.3. The third kappa shape index (κ3) is 4.19. The van der Waals surface area contributed by atoms with E-state index in [0.717, 1.165) is 55.0 Å². The number of hydrogen-bond donors (Lipinski definition) is 1. The molecular formula is C22H28N4O. The van der Waals surface area contributed by atoms with Gasteiger partial charge < -0.3 is 14.8 Å². The lowest BCUT2D eigenvalue weighted by molar-refractivity contribution is 0.0963. The van der Waals surface area contributed by atoms with Crippen molar-refractivity contribution in [2.45, 2.75) is 26.8 Å². The molecule has 0 atom stereocenters. The van der Waals surface area contributed by atoms with Gasteiger partial charge >= 0.3 is 0 Å². The fourth-order valence-electron chi connectivity index (χ4n) is 3.46. The first-order chi connectivity index (χ1) is 13.2. The first-order valence-corrected chi connectivity index (χ1v) is 9.68. The van der Waals surface area contributed by atoms with Gasteiger partial charge in [-0.2, -0.15) is 0 Å². The van der Waals surface area contributed by atoms with Gasteiger partial charge in [0.05, 0.1) is 11.0 Å². The van der Waals surface area contributed by atoms with E-state index in [1.165, 1.54) is 0 Å². The zero-order valence-corrected chi connectivity index (χ0v) is 16.4. The highest BCUT2D eigenvalue weighted by Crippen LogP contribution is 2.26. The van der Waals surface area contributed by atoms with Crippen LogP contribution in [0.25, 0.3) is 22.4 Å². The highest BCUT2D eigenvalue weighted by molar-refractivity contribution is 5.95. The Morgan fingerprint density at radius 3 is 2.63 bits per heavy atom. The minimum absolute atomic E-state index is 0.0824. The van der Waals surface area contributed by atoms with Gasteiger partial charge in [-0.05, 0) is 50.3 Å². The molecule has 3 rings (SSSR count). The lowest BCUT2D eigenvalue weighted by atomic mass is 10.1. The van der Waals surface area contributed by atoms with Crippen LogP contribution < -0.4 is 5.32 Å². The quantitative estimate of drug-likeness (QED) is 0.661. The summed E-state index contributed by atoms with van der Waals surface area (Å²) >= 11 is 0. The van der Waals surface area contributed by atoms with Crippen molar-refractivity contribution in [3.05, 3.63) is 54.1 Å². The van der Waals surface area contributed by atoms with E-state index in [-0.39, 0.29) is 5.91 Å². The zero-order valence-electron chi connectivity index (χ0n) is 16.4. The molecule has 0 fully saturated rings. The summed E-state index contributed by atoms with van der Waals surface area (Å²) in [4.78, 5) is 19.3. The Morgan fingerprint density at radius 2 is 1.89 bits per heavy atom. The van der Waals surface area contributed by atoms with Crippen molar-refractivity contribution in [3.63, 3.8) is 0 Å². The molecule has 0 radical (unpaired) electrons. The number of amides is 1. The van der Waals surface area contributed by atoms with E-state index in [2.05, 4.69) is 40.8 Å². The van der Waals surface area contributed by atoms with Crippen molar-refractivity contribution in [2.24, 2.45) is 0 Å². The summed E-state index contributed by atoms with van der Waals surface area (Å²) in [6, 6.07) is 15.9. The van der Waals surface area contributed by atoms with Gasteiger partial charge in [0.25, 0.3) is 5.91 Å². The molecule has 0 aliphatic rings. The Hall–Kier alpha value is -2.66. The summed E-state index contributed by atoms with van der Waals surface area (Å²) < 4.78 is 2.28. The Morgan fingerprint density at radius 1 is 1.11 bits per heavy atom. The van der Waals surface area contributed by atoms with Gasteiger partial charge in [0.1, 0.15) is 5.82 Å². The van der Waals surface area contributed by atoms with Gasteiger partial charge in [-0.25, -0.2) is 4.98 Å². The largest absolute Gasteiger partial charge is 0.355 e. The van der Waals surface area contributed by atoms with Crippen molar-refractivity contribution in [3.8, 4) is 11.4 Å². The molecule has 0 spiro atoms. The maximum absolute atomic E-state index is 12.0. The molecule has 1 aromatic heterocycles. The number of nitrogens with zero attached hydrogens (tertiary/aromatic N) is 3. The molecule has 2 aromatic carbocycles. The van der Waals surface area contributed by atoms with Gasteiger partial charge in [-0.1, -0.05) is 38.1 Å². The summed E-state index contributed by atoms with van der Waals surface area (Å²) in [5, 5.41) is 2.69. The molecule has 0 saturated heterocycles. The molecule has 1 amide bonds. The first-order valence-electron chi connectivity index (χ1n) is 9.68. The van der Waals surface area contributed by atoms with E-state index in [1.54, 1.807) is 7.05 Å². The van der Waals surface area contributed by atoms with Gasteiger partial charge in [0, 0.05) is 24.7 Å². The number of fused-ring (bicyclic) bond motifs is 1. The Labute approximate surface area is 161 Å². The van der Waals surface area contributed by atoms with Crippen LogP contribution in [0.15, 0.2) is 48.5 Å². The molecular weight excluding hydrogens is 336 g/mol. The maximum Gasteiger partial charge on any atom is 0.251 e. The van der Waals surface area contributed by atoms with Gasteiger partial charge in [-0.3, -0.25) is 4.79 Å². The van der Waals surface area contributed by atoms with E-state index in [0.29, 0.717) is 5.56 Å². The number of nitrogens with one attached hydrogen (secondary N) is 1. The van der Waals surface area contributed by atoms with Crippen LogP contribution in [-0.2, 0) is 6.54 Å². The fraction of sp³-hybridized carbons (Fsp3) is 0.364. The number of aromatic nitrogens is 2. The molecule has 3 aromatic rings. The number of carbonyl (C=O) groups is 1. The molecule has 0 aliphatic carbocycles. The van der Waals surface area contributed by atoms with E-state index in [1.807, 2.05) is 36.4 Å². The average molecular weight is 364 g/mol. The molecule has 0 saturated carbocycles. The van der Waals surface area contributed by atoms with Crippen LogP contribution in [0, 0.1) is 0 Å². The van der Waals surface area contributed by atoms with Crippen molar-refractivity contribution < 1.29 is 4.79 Å². The van der Waals surface area contributed by atoms with Crippen LogP contribution in [0.1, 0.15) is 30.6 Å². The van der Waals surface area contributed by atoms with Gasteiger partial charge in [0.15, 0.2) is 0 Å². The lowest BCUT2D eigenvalue weighted by Gasteiger charge is -2.18. The van der Waals surface area contributed by atoms with E-state index in [4.69, 9.17) is 4.98 Å². The monoisotopic (exact) mass is 364 g/mol. The van der Waals surface area contributed by atoms with Gasteiger partial charge in [-0.15, -0.1) is 0 Å². The predicted octanol–water partition coefficient (Wildman–Crippen LogP) is 3.79. The van der Waals surface area contributed by atoms with Crippen molar-refractivity contribution in [1.82, 2.24) is 19.8 Å². The number of rotatable bonds is 8. The molecule has 0 bridgehead atoms. The highest BCUT2D eigenvalue weighted by atomic mass is 16.1. The maximum atomic E-state index is 12.0. The highest BCUT2D eigenvalue weighted by Gasteiger charge is 2.14. The molecule has 0 aliphatic heterocycles. The number of imidazole rings is 1. The minimum Gasteiger partial charge on any atom is -0.355 e. The smallest absolute Gasteiger partial charge is 0.251 e. The van der Waals surface area contributed by atoms with Crippen LogP contribution in [0.4, 0.5) is 0 Å². The molecule has 142 valence electrons. The number of para-hydroxylation sites is 2. The van der Waals surface area contributed by atoms with Crippen LogP contribution in [-0.4, -0.2) is 47.0 Å². The fourth-order valence-corrected chi connectivity index (χ4v) is 3.46. The Bertz CT molecular complexity index is 912. The second-order valence-corrected chi connectivity index (χ2v) is 6.62. The Kier molecular flexibility index (Phi) is 6.24. The third-order valence-corrected chi connectivity index (χ3v) is 5.02. The van der Waals surface area contributed by atoms with Crippen LogP contribution in [0.2, 0.25) is 0 Å². The van der Waals surface area contributed by atoms with Crippen LogP contribution in [0.3, 0.4) is 0 Å². The zero-order chi connectivity index (χ0) is 19.2. The number of benzene rings is 2. The third-order valence-electron chi connectivity index (χ3n) is 5.02. The summed E-state index contributed by atoms with van der Waals surface area (Å²) in [6.45, 7) is 8.51. The molecule has 0 unspecified atom stereocenters. The summed E-state index contributed by atoms with van der Waals surface area (Å²) in [6.07, 6.45) is 1.06. The molecule has 1 N–H and O–H groups in total. The molecule has 5 heteroatoms. The summed E-state index contributed by atoms with van der Waals surface area (Å²) in [5.74, 6) is 0.836. The average Bonchev–Trinajstić information content (AvgIpc) is 3.09. The Balaban J connectivity index is 1.96. The molecule has 27 heavy (non-hydrogen) atoms. The number of hydrogen-bond acceptors (Lipinski definition) is 3. The summed E-state index contributed by atoms with van der Waals surface area (Å²) in [5.41, 5.74) is 3.74. The SMILES string of the molecule is CCN(CC)CCCn1c(-c2cccc(C(=O)NC)c2)nc2ccccc21. The van der Waals surface area contributed by atoms with E-state index >= 15 is 0 Å². The van der Waals surface area contributed by atoms with Crippen molar-refractivity contribution >= 4 is 16.9 Å². The second kappa shape index (κ2) is 8.82. The minimum atomic E-state index is -0.0824. The lowest BCUT2D eigenvalue weighted by Crippen LogP contribution is -2.24. The summed E-state index contributed by atoms with van der Waals surface area (Å²) in [7, 11) is 1.65. The van der Waals surface area contributed by atoms with Gasteiger partial charge in [0.2, 0.25) is 0 Å². The van der Waals surface area contributed by atoms with Crippen LogP contribution >= 0.6 is 0 Å². The van der Waals surface area contributed by atoms with Crippen molar-refractivity contribution in [1.29, 1.82) is 0 Å².